The van der Waals surface area contributed by atoms with Crippen molar-refractivity contribution in [1.82, 2.24) is 10.6 Å². The zero-order chi connectivity index (χ0) is 15.0. The summed E-state index contributed by atoms with van der Waals surface area (Å²) in [7, 11) is 0. The van der Waals surface area contributed by atoms with Crippen LogP contribution in [-0.4, -0.2) is 37.0 Å². The largest absolute Gasteiger partial charge is 0.397 e. The number of hydrogen-bond acceptors (Lipinski definition) is 5. The van der Waals surface area contributed by atoms with Gasteiger partial charge in [0.25, 0.3) is 5.91 Å². The van der Waals surface area contributed by atoms with Gasteiger partial charge < -0.3 is 21.3 Å². The first-order chi connectivity index (χ1) is 10.0. The molecule has 1 atom stereocenters. The predicted molar refractivity (Wildman–Crippen MR) is 83.7 cm³/mol. The third-order valence-corrected chi connectivity index (χ3v) is 4.98. The third-order valence-electron chi connectivity index (χ3n) is 3.77. The Balaban J connectivity index is 1.66. The van der Waals surface area contributed by atoms with E-state index in [4.69, 9.17) is 5.73 Å². The second-order valence-electron chi connectivity index (χ2n) is 5.75. The van der Waals surface area contributed by atoms with Crippen molar-refractivity contribution in [2.24, 2.45) is 0 Å². The van der Waals surface area contributed by atoms with Crippen LogP contribution < -0.4 is 21.3 Å². The van der Waals surface area contributed by atoms with Crippen molar-refractivity contribution in [3.8, 4) is 0 Å². The van der Waals surface area contributed by atoms with Gasteiger partial charge in [-0.25, -0.2) is 0 Å². The first-order valence-corrected chi connectivity index (χ1v) is 8.07. The molecule has 1 aliphatic heterocycles. The lowest BCUT2D eigenvalue weighted by molar-refractivity contribution is -0.119. The van der Waals surface area contributed by atoms with Gasteiger partial charge in [0.2, 0.25) is 5.91 Å². The van der Waals surface area contributed by atoms with Crippen LogP contribution >= 0.6 is 11.3 Å². The van der Waals surface area contributed by atoms with E-state index < -0.39 is 0 Å². The number of carbonyl (C=O) groups excluding carboxylic acids is 2. The van der Waals surface area contributed by atoms with E-state index >= 15 is 0 Å². The number of rotatable bonds is 4. The third kappa shape index (κ3) is 3.29. The van der Waals surface area contributed by atoms with E-state index in [1.807, 2.05) is 6.07 Å². The molecule has 1 saturated carbocycles. The van der Waals surface area contributed by atoms with Gasteiger partial charge >= 0.3 is 0 Å². The molecule has 2 aliphatic rings. The fourth-order valence-corrected chi connectivity index (χ4v) is 3.59. The van der Waals surface area contributed by atoms with Crippen LogP contribution in [0.5, 0.6) is 0 Å². The molecule has 0 aromatic carbocycles. The van der Waals surface area contributed by atoms with Crippen molar-refractivity contribution in [2.75, 3.05) is 23.7 Å². The summed E-state index contributed by atoms with van der Waals surface area (Å²) < 4.78 is 0. The molecule has 21 heavy (non-hydrogen) atoms. The molecule has 1 saturated heterocycles. The Morgan fingerprint density at radius 2 is 2.05 bits per heavy atom. The van der Waals surface area contributed by atoms with Gasteiger partial charge in [-0.3, -0.25) is 9.59 Å². The minimum absolute atomic E-state index is 0.00274. The lowest BCUT2D eigenvalue weighted by Crippen LogP contribution is -2.35. The summed E-state index contributed by atoms with van der Waals surface area (Å²) in [6.45, 7) is 3.17. The lowest BCUT2D eigenvalue weighted by Gasteiger charge is -2.16. The predicted octanol–water partition coefficient (Wildman–Crippen LogP) is 0.937. The Hall–Kier alpha value is -1.76. The van der Waals surface area contributed by atoms with Crippen LogP contribution in [-0.2, 0) is 4.79 Å². The average molecular weight is 308 g/mol. The van der Waals surface area contributed by atoms with Crippen molar-refractivity contribution < 1.29 is 9.59 Å². The number of thiophene rings is 1. The maximum Gasteiger partial charge on any atom is 0.263 e. The fourth-order valence-electron chi connectivity index (χ4n) is 2.57. The molecule has 1 aromatic rings. The Kier molecular flexibility index (Phi) is 3.75. The molecule has 1 aliphatic carbocycles. The molecule has 0 bridgehead atoms. The van der Waals surface area contributed by atoms with Crippen LogP contribution in [0.15, 0.2) is 6.07 Å². The van der Waals surface area contributed by atoms with E-state index in [-0.39, 0.29) is 17.9 Å². The molecule has 2 amide bonds. The van der Waals surface area contributed by atoms with Gasteiger partial charge in [0.1, 0.15) is 4.88 Å². The van der Waals surface area contributed by atoms with Gasteiger partial charge in [0.15, 0.2) is 0 Å². The Morgan fingerprint density at radius 3 is 2.71 bits per heavy atom. The van der Waals surface area contributed by atoms with Crippen molar-refractivity contribution in [1.29, 1.82) is 0 Å². The summed E-state index contributed by atoms with van der Waals surface area (Å²) in [5.74, 6) is -0.0686. The fraction of sp³-hybridized carbons (Fsp3) is 0.571. The van der Waals surface area contributed by atoms with Gasteiger partial charge in [-0.2, -0.15) is 0 Å². The van der Waals surface area contributed by atoms with Crippen molar-refractivity contribution >= 4 is 33.8 Å². The van der Waals surface area contributed by atoms with Crippen LogP contribution in [0.4, 0.5) is 10.7 Å². The normalized spacial score (nSPS) is 21.4. The van der Waals surface area contributed by atoms with Gasteiger partial charge in [0, 0.05) is 32.1 Å². The van der Waals surface area contributed by atoms with Crippen molar-refractivity contribution in [2.45, 2.75) is 38.3 Å². The number of anilines is 2. The second kappa shape index (κ2) is 5.55. The highest BCUT2D eigenvalue weighted by molar-refractivity contribution is 7.18. The molecular weight excluding hydrogens is 288 g/mol. The molecular formula is C14H20N4O2S. The molecule has 2 fully saturated rings. The van der Waals surface area contributed by atoms with E-state index in [0.29, 0.717) is 16.6 Å². The summed E-state index contributed by atoms with van der Waals surface area (Å²) in [6, 6.07) is 2.37. The number of carbonyl (C=O) groups is 2. The first-order valence-electron chi connectivity index (χ1n) is 7.25. The summed E-state index contributed by atoms with van der Waals surface area (Å²) >= 11 is 1.43. The molecule has 1 aromatic heterocycles. The van der Waals surface area contributed by atoms with E-state index in [1.165, 1.54) is 18.3 Å². The second-order valence-corrected chi connectivity index (χ2v) is 6.78. The number of nitrogens with two attached hydrogens (primary N) is 1. The van der Waals surface area contributed by atoms with Crippen LogP contribution in [0.25, 0.3) is 0 Å². The molecule has 114 valence electrons. The summed E-state index contributed by atoms with van der Waals surface area (Å²) in [4.78, 5) is 26.0. The van der Waals surface area contributed by atoms with E-state index in [0.717, 1.165) is 37.4 Å². The maximum absolute atomic E-state index is 12.1. The topological polar surface area (TPSA) is 87.5 Å². The highest BCUT2D eigenvalue weighted by Crippen LogP contribution is 2.34. The zero-order valence-corrected chi connectivity index (χ0v) is 12.8. The highest BCUT2D eigenvalue weighted by atomic mass is 32.1. The van der Waals surface area contributed by atoms with E-state index in [9.17, 15) is 9.59 Å². The van der Waals surface area contributed by atoms with Gasteiger partial charge in [-0.1, -0.05) is 0 Å². The van der Waals surface area contributed by atoms with Crippen LogP contribution in [0.1, 0.15) is 35.9 Å². The van der Waals surface area contributed by atoms with Crippen LogP contribution in [0.2, 0.25) is 0 Å². The van der Waals surface area contributed by atoms with Gasteiger partial charge in [0.05, 0.1) is 10.7 Å². The number of nitrogens with one attached hydrogen (secondary N) is 2. The van der Waals surface area contributed by atoms with Crippen LogP contribution in [0.3, 0.4) is 0 Å². The average Bonchev–Trinajstić information content (AvgIpc) is 2.95. The smallest absolute Gasteiger partial charge is 0.263 e. The molecule has 4 N–H and O–H groups in total. The number of nitrogen functional groups attached to an aromatic ring is 1. The zero-order valence-electron chi connectivity index (χ0n) is 12.0. The molecule has 1 unspecified atom stereocenters. The Labute approximate surface area is 127 Å². The molecule has 3 rings (SSSR count). The first kappa shape index (κ1) is 14.2. The Morgan fingerprint density at radius 1 is 1.29 bits per heavy atom. The number of amides is 2. The summed E-state index contributed by atoms with van der Waals surface area (Å²) in [6.07, 6.45) is 3.05. The van der Waals surface area contributed by atoms with E-state index in [1.54, 1.807) is 0 Å². The molecule has 0 spiro atoms. The molecule has 0 radical (unpaired) electrons. The number of hydrogen-bond donors (Lipinski definition) is 3. The molecule has 6 nitrogen and oxygen atoms in total. The van der Waals surface area contributed by atoms with Crippen molar-refractivity contribution in [3.05, 3.63) is 10.9 Å². The number of nitrogens with zero attached hydrogens (tertiary/aromatic N) is 1. The van der Waals surface area contributed by atoms with Gasteiger partial charge in [-0.15, -0.1) is 11.3 Å². The van der Waals surface area contributed by atoms with Crippen LogP contribution in [0, 0.1) is 0 Å². The summed E-state index contributed by atoms with van der Waals surface area (Å²) in [5, 5.41) is 6.90. The standard InChI is InChI=1S/C14H20N4O2S/c1-8(19)16-10-4-5-18(7-10)12-6-11(15)13(21-12)14(20)17-9-2-3-9/h6,9-10H,2-5,7,15H2,1H3,(H,16,19)(H,17,20). The summed E-state index contributed by atoms with van der Waals surface area (Å²) in [5.41, 5.74) is 6.51. The minimum Gasteiger partial charge on any atom is -0.397 e. The maximum atomic E-state index is 12.1. The highest BCUT2D eigenvalue weighted by Gasteiger charge is 2.28. The lowest BCUT2D eigenvalue weighted by atomic mass is 10.3. The van der Waals surface area contributed by atoms with E-state index in [2.05, 4.69) is 15.5 Å². The monoisotopic (exact) mass is 308 g/mol. The Bertz CT molecular complexity index is 567. The SMILES string of the molecule is CC(=O)NC1CCN(c2cc(N)c(C(=O)NC3CC3)s2)C1. The molecule has 2 heterocycles. The minimum atomic E-state index is -0.0659. The molecule has 7 heteroatoms. The quantitative estimate of drug-likeness (QED) is 0.772. The van der Waals surface area contributed by atoms with Gasteiger partial charge in [-0.05, 0) is 25.3 Å². The van der Waals surface area contributed by atoms with Crippen molar-refractivity contribution in [3.63, 3.8) is 0 Å².